The molecule has 0 aromatic heterocycles. The van der Waals surface area contributed by atoms with Gasteiger partial charge in [-0.05, 0) is 18.4 Å². The van der Waals surface area contributed by atoms with E-state index in [2.05, 4.69) is 4.72 Å². The first-order chi connectivity index (χ1) is 8.94. The summed E-state index contributed by atoms with van der Waals surface area (Å²) in [4.78, 5) is 11.1. The summed E-state index contributed by atoms with van der Waals surface area (Å²) in [6.45, 7) is -0.753. The third-order valence-corrected chi connectivity index (χ3v) is 3.92. The number of hydrogen-bond donors (Lipinski definition) is 2. The number of carboxylic acid groups (broad SMARTS) is 1. The highest BCUT2D eigenvalue weighted by Crippen LogP contribution is 2.05. The Kier molecular flexibility index (Phi) is 5.91. The van der Waals surface area contributed by atoms with Crippen molar-refractivity contribution in [2.75, 3.05) is 12.4 Å². The molecule has 0 unspecified atom stereocenters. The Morgan fingerprint density at radius 1 is 1.32 bits per heavy atom. The molecule has 2 N–H and O–H groups in total. The number of rotatable bonds is 8. The Hall–Kier alpha value is -1.47. The molecule has 0 amide bonds. The quantitative estimate of drug-likeness (QED) is 0.746. The van der Waals surface area contributed by atoms with Gasteiger partial charge in [0.1, 0.15) is 6.04 Å². The molecule has 0 fully saturated rings. The average Bonchev–Trinajstić information content (AvgIpc) is 2.36. The average molecular weight is 289 g/mol. The van der Waals surface area contributed by atoms with Gasteiger partial charge in [0.05, 0.1) is 12.4 Å². The van der Waals surface area contributed by atoms with E-state index in [4.69, 9.17) is 5.11 Å². The summed E-state index contributed by atoms with van der Waals surface area (Å²) in [6.07, 6.45) is -0.0992. The summed E-state index contributed by atoms with van der Waals surface area (Å²) in [5.41, 5.74) is 0.711. The van der Waals surface area contributed by atoms with E-state index in [0.29, 0.717) is 5.56 Å². The first-order valence-corrected chi connectivity index (χ1v) is 7.42. The van der Waals surface area contributed by atoms with Crippen LogP contribution in [0.25, 0.3) is 0 Å². The van der Waals surface area contributed by atoms with Crippen LogP contribution in [0.1, 0.15) is 12.0 Å². The highest BCUT2D eigenvalue weighted by atomic mass is 32.2. The van der Waals surface area contributed by atoms with Crippen LogP contribution in [0.15, 0.2) is 30.3 Å². The number of nitrogens with one attached hydrogen (secondary N) is 1. The topological polar surface area (TPSA) is 83.5 Å². The molecule has 0 aliphatic heterocycles. The van der Waals surface area contributed by atoms with E-state index < -0.39 is 34.5 Å². The van der Waals surface area contributed by atoms with E-state index >= 15 is 0 Å². The molecule has 0 saturated heterocycles. The molecule has 5 nitrogen and oxygen atoms in total. The molecule has 1 aromatic carbocycles. The van der Waals surface area contributed by atoms with Gasteiger partial charge in [0.25, 0.3) is 0 Å². The number of alkyl halides is 1. The normalized spacial score (nSPS) is 13.1. The van der Waals surface area contributed by atoms with Crippen molar-refractivity contribution in [2.45, 2.75) is 18.9 Å². The number of sulfonamides is 1. The smallest absolute Gasteiger partial charge is 0.322 e. The van der Waals surface area contributed by atoms with Gasteiger partial charge >= 0.3 is 5.97 Å². The molecule has 0 aliphatic carbocycles. The summed E-state index contributed by atoms with van der Waals surface area (Å²) < 4.78 is 37.1. The number of carbonyl (C=O) groups is 1. The van der Waals surface area contributed by atoms with E-state index in [0.717, 1.165) is 0 Å². The van der Waals surface area contributed by atoms with Crippen molar-refractivity contribution in [2.24, 2.45) is 0 Å². The van der Waals surface area contributed by atoms with Crippen molar-refractivity contribution in [3.05, 3.63) is 35.9 Å². The maximum atomic E-state index is 12.0. The van der Waals surface area contributed by atoms with Crippen LogP contribution in [0.4, 0.5) is 4.39 Å². The lowest BCUT2D eigenvalue weighted by Gasteiger charge is -2.14. The minimum atomic E-state index is -3.78. The molecule has 106 valence electrons. The molecule has 1 atom stereocenters. The SMILES string of the molecule is O=C(O)[C@H](Cc1ccccc1)NS(=O)(=O)CCCF. The fraction of sp³-hybridized carbons (Fsp3) is 0.417. The second-order valence-corrected chi connectivity index (χ2v) is 5.93. The summed E-state index contributed by atoms with van der Waals surface area (Å²) in [5, 5.41) is 9.02. The Morgan fingerprint density at radius 2 is 1.95 bits per heavy atom. The Bertz CT molecular complexity index is 504. The number of carboxylic acids is 1. The van der Waals surface area contributed by atoms with E-state index in [-0.39, 0.29) is 12.8 Å². The van der Waals surface area contributed by atoms with Gasteiger partial charge in [-0.3, -0.25) is 9.18 Å². The van der Waals surface area contributed by atoms with Crippen LogP contribution in [0, 0.1) is 0 Å². The lowest BCUT2D eigenvalue weighted by molar-refractivity contribution is -0.138. The van der Waals surface area contributed by atoms with Crippen LogP contribution in [0.5, 0.6) is 0 Å². The van der Waals surface area contributed by atoms with Crippen molar-refractivity contribution >= 4 is 16.0 Å². The van der Waals surface area contributed by atoms with Crippen LogP contribution >= 0.6 is 0 Å². The van der Waals surface area contributed by atoms with Gasteiger partial charge < -0.3 is 5.11 Å². The van der Waals surface area contributed by atoms with Gasteiger partial charge in [0, 0.05) is 0 Å². The first kappa shape index (κ1) is 15.6. The Labute approximate surface area is 111 Å². The number of aliphatic carboxylic acids is 1. The summed E-state index contributed by atoms with van der Waals surface area (Å²) in [6, 6.07) is 7.45. The zero-order valence-electron chi connectivity index (χ0n) is 10.3. The minimum absolute atomic E-state index is 0.0467. The minimum Gasteiger partial charge on any atom is -0.480 e. The molecule has 0 heterocycles. The van der Waals surface area contributed by atoms with Gasteiger partial charge in [0.15, 0.2) is 0 Å². The van der Waals surface area contributed by atoms with Crippen molar-refractivity contribution in [3.63, 3.8) is 0 Å². The maximum Gasteiger partial charge on any atom is 0.322 e. The molecule has 0 aliphatic rings. The standard InChI is InChI=1S/C12H16FNO4S/c13-7-4-8-19(17,18)14-11(12(15)16)9-10-5-2-1-3-6-10/h1-3,5-6,11,14H,4,7-9H2,(H,15,16)/t11-/m0/s1. The first-order valence-electron chi connectivity index (χ1n) is 5.77. The predicted molar refractivity (Wildman–Crippen MR) is 69.1 cm³/mol. The maximum absolute atomic E-state index is 12.0. The molecule has 1 rings (SSSR count). The molecule has 0 bridgehead atoms. The highest BCUT2D eigenvalue weighted by Gasteiger charge is 2.23. The molecule has 0 radical (unpaired) electrons. The summed E-state index contributed by atoms with van der Waals surface area (Å²) in [7, 11) is -3.78. The van der Waals surface area contributed by atoms with E-state index in [1.54, 1.807) is 30.3 Å². The molecular weight excluding hydrogens is 273 g/mol. The van der Waals surface area contributed by atoms with Gasteiger partial charge in [-0.1, -0.05) is 30.3 Å². The van der Waals surface area contributed by atoms with E-state index in [1.807, 2.05) is 0 Å². The van der Waals surface area contributed by atoms with Gasteiger partial charge in [0.2, 0.25) is 10.0 Å². The fourth-order valence-corrected chi connectivity index (χ4v) is 2.77. The van der Waals surface area contributed by atoms with Crippen molar-refractivity contribution in [1.82, 2.24) is 4.72 Å². The summed E-state index contributed by atoms with van der Waals surface area (Å²) in [5.74, 6) is -1.67. The second-order valence-electron chi connectivity index (χ2n) is 4.06. The number of benzene rings is 1. The van der Waals surface area contributed by atoms with Crippen molar-refractivity contribution in [3.8, 4) is 0 Å². The third kappa shape index (κ3) is 5.80. The molecule has 1 aromatic rings. The number of hydrogen-bond acceptors (Lipinski definition) is 3. The number of halogens is 1. The van der Waals surface area contributed by atoms with Crippen LogP contribution in [0.3, 0.4) is 0 Å². The molecule has 7 heteroatoms. The van der Waals surface area contributed by atoms with Crippen LogP contribution in [-0.4, -0.2) is 38.0 Å². The highest BCUT2D eigenvalue weighted by molar-refractivity contribution is 7.89. The van der Waals surface area contributed by atoms with E-state index in [1.165, 1.54) is 0 Å². The van der Waals surface area contributed by atoms with E-state index in [9.17, 15) is 17.6 Å². The molecule has 0 spiro atoms. The van der Waals surface area contributed by atoms with Crippen LogP contribution in [0.2, 0.25) is 0 Å². The fourth-order valence-electron chi connectivity index (χ4n) is 1.55. The Morgan fingerprint density at radius 3 is 2.47 bits per heavy atom. The lowest BCUT2D eigenvalue weighted by atomic mass is 10.1. The molecule has 0 saturated carbocycles. The molecule has 19 heavy (non-hydrogen) atoms. The predicted octanol–water partition coefficient (Wildman–Crippen LogP) is 0.961. The van der Waals surface area contributed by atoms with Crippen molar-refractivity contribution < 1.29 is 22.7 Å². The molecular formula is C12H16FNO4S. The van der Waals surface area contributed by atoms with Gasteiger partial charge in [-0.25, -0.2) is 13.1 Å². The summed E-state index contributed by atoms with van der Waals surface area (Å²) >= 11 is 0. The zero-order valence-corrected chi connectivity index (χ0v) is 11.1. The van der Waals surface area contributed by atoms with Crippen LogP contribution < -0.4 is 4.72 Å². The van der Waals surface area contributed by atoms with Gasteiger partial charge in [-0.2, -0.15) is 0 Å². The zero-order chi connectivity index (χ0) is 14.3. The second kappa shape index (κ2) is 7.20. The van der Waals surface area contributed by atoms with Crippen molar-refractivity contribution in [1.29, 1.82) is 0 Å². The Balaban J connectivity index is 2.71. The van der Waals surface area contributed by atoms with Crippen LogP contribution in [-0.2, 0) is 21.2 Å². The third-order valence-electron chi connectivity index (χ3n) is 2.45. The monoisotopic (exact) mass is 289 g/mol. The lowest BCUT2D eigenvalue weighted by Crippen LogP contribution is -2.43. The van der Waals surface area contributed by atoms with Gasteiger partial charge in [-0.15, -0.1) is 0 Å². The largest absolute Gasteiger partial charge is 0.480 e.